The minimum atomic E-state index is -0.0374. The van der Waals surface area contributed by atoms with E-state index in [1.54, 1.807) is 19.1 Å². The average molecular weight is 356 g/mol. The normalized spacial score (nSPS) is 18.0. The van der Waals surface area contributed by atoms with Crippen LogP contribution in [0, 0.1) is 6.92 Å². The third-order valence-corrected chi connectivity index (χ3v) is 5.02. The van der Waals surface area contributed by atoms with Crippen LogP contribution >= 0.6 is 0 Å². The lowest BCUT2D eigenvalue weighted by molar-refractivity contribution is 0.0951. The van der Waals surface area contributed by atoms with Crippen molar-refractivity contribution >= 4 is 5.91 Å². The molecule has 0 aliphatic carbocycles. The molecule has 2 aromatic rings. The fourth-order valence-electron chi connectivity index (χ4n) is 3.41. The first-order valence-corrected chi connectivity index (χ1v) is 9.56. The van der Waals surface area contributed by atoms with Crippen LogP contribution in [0.3, 0.4) is 0 Å². The number of nitrogens with zero attached hydrogens (tertiary/aromatic N) is 3. The zero-order valence-electron chi connectivity index (χ0n) is 15.7. The third-order valence-electron chi connectivity index (χ3n) is 5.02. The topological polar surface area (TPSA) is 71.3 Å². The molecule has 2 heterocycles. The third kappa shape index (κ3) is 4.91. The Morgan fingerprint density at radius 1 is 1.27 bits per heavy atom. The summed E-state index contributed by atoms with van der Waals surface area (Å²) in [5.41, 5.74) is 1.47. The number of carbonyl (C=O) groups is 1. The van der Waals surface area contributed by atoms with Gasteiger partial charge in [-0.3, -0.25) is 4.79 Å². The summed E-state index contributed by atoms with van der Waals surface area (Å²) in [5, 5.41) is 6.78. The largest absolute Gasteiger partial charge is 0.352 e. The number of benzene rings is 1. The first-order valence-electron chi connectivity index (χ1n) is 9.56. The molecule has 6 heteroatoms. The molecule has 3 rings (SSSR count). The molecule has 1 aromatic carbocycles. The fourth-order valence-corrected chi connectivity index (χ4v) is 3.41. The smallest absolute Gasteiger partial charge is 0.257 e. The molecule has 1 N–H and O–H groups in total. The van der Waals surface area contributed by atoms with E-state index in [4.69, 9.17) is 4.52 Å². The maximum absolute atomic E-state index is 12.2. The zero-order chi connectivity index (χ0) is 18.4. The summed E-state index contributed by atoms with van der Waals surface area (Å²) in [4.78, 5) is 19.0. The van der Waals surface area contributed by atoms with Gasteiger partial charge in [0.05, 0.1) is 0 Å². The van der Waals surface area contributed by atoms with E-state index >= 15 is 0 Å². The molecule has 1 aromatic heterocycles. The predicted molar refractivity (Wildman–Crippen MR) is 101 cm³/mol. The Morgan fingerprint density at radius 3 is 2.77 bits per heavy atom. The van der Waals surface area contributed by atoms with Gasteiger partial charge in [-0.25, -0.2) is 0 Å². The highest BCUT2D eigenvalue weighted by molar-refractivity contribution is 5.94. The van der Waals surface area contributed by atoms with E-state index in [-0.39, 0.29) is 5.91 Å². The van der Waals surface area contributed by atoms with E-state index in [2.05, 4.69) is 27.3 Å². The number of unbranched alkanes of at least 4 members (excludes halogenated alkanes) is 1. The molecule has 1 aliphatic rings. The van der Waals surface area contributed by atoms with Crippen molar-refractivity contribution in [2.45, 2.75) is 52.0 Å². The van der Waals surface area contributed by atoms with Crippen molar-refractivity contribution in [1.82, 2.24) is 20.4 Å². The van der Waals surface area contributed by atoms with Gasteiger partial charge in [-0.2, -0.15) is 4.98 Å². The number of rotatable bonds is 7. The molecule has 26 heavy (non-hydrogen) atoms. The molecule has 1 fully saturated rings. The lowest BCUT2D eigenvalue weighted by Crippen LogP contribution is -2.38. The number of hydrogen-bond acceptors (Lipinski definition) is 5. The van der Waals surface area contributed by atoms with Crippen LogP contribution in [-0.4, -0.2) is 46.6 Å². The van der Waals surface area contributed by atoms with Gasteiger partial charge >= 0.3 is 0 Å². The van der Waals surface area contributed by atoms with Crippen molar-refractivity contribution in [3.05, 3.63) is 35.7 Å². The van der Waals surface area contributed by atoms with E-state index in [0.717, 1.165) is 24.9 Å². The molecule has 0 spiro atoms. The SMILES string of the molecule is Cc1noc(-c2ccc(C(=O)NCCCCN3CCCCC3C)cc2)n1. The standard InChI is InChI=1S/C20H28N4O2/c1-15-7-3-5-13-24(15)14-6-4-12-21-19(25)17-8-10-18(11-9-17)20-22-16(2)23-26-20/h8-11,15H,3-7,12-14H2,1-2H3,(H,21,25). The van der Waals surface area contributed by atoms with Crippen molar-refractivity contribution in [2.75, 3.05) is 19.6 Å². The predicted octanol–water partition coefficient (Wildman–Crippen LogP) is 3.43. The van der Waals surface area contributed by atoms with Crippen LogP contribution in [-0.2, 0) is 0 Å². The molecule has 1 amide bonds. The number of nitrogens with one attached hydrogen (secondary N) is 1. The van der Waals surface area contributed by atoms with Crippen LogP contribution in [0.5, 0.6) is 0 Å². The molecule has 0 radical (unpaired) electrons. The number of piperidine rings is 1. The van der Waals surface area contributed by atoms with Gasteiger partial charge in [0.15, 0.2) is 5.82 Å². The summed E-state index contributed by atoms with van der Waals surface area (Å²) in [5.74, 6) is 1.03. The van der Waals surface area contributed by atoms with Crippen LogP contribution in [0.4, 0.5) is 0 Å². The summed E-state index contributed by atoms with van der Waals surface area (Å²) >= 11 is 0. The van der Waals surface area contributed by atoms with Gasteiger partial charge < -0.3 is 14.7 Å². The van der Waals surface area contributed by atoms with Crippen molar-refractivity contribution < 1.29 is 9.32 Å². The summed E-state index contributed by atoms with van der Waals surface area (Å²) < 4.78 is 5.13. The molecule has 1 saturated heterocycles. The highest BCUT2D eigenvalue weighted by atomic mass is 16.5. The Bertz CT molecular complexity index is 711. The monoisotopic (exact) mass is 356 g/mol. The number of likely N-dealkylation sites (tertiary alicyclic amines) is 1. The van der Waals surface area contributed by atoms with E-state index in [0.29, 0.717) is 29.9 Å². The van der Waals surface area contributed by atoms with Crippen LogP contribution in [0.15, 0.2) is 28.8 Å². The van der Waals surface area contributed by atoms with Gasteiger partial charge in [0.1, 0.15) is 0 Å². The number of aromatic nitrogens is 2. The summed E-state index contributed by atoms with van der Waals surface area (Å²) in [6, 6.07) is 7.96. The van der Waals surface area contributed by atoms with Crippen LogP contribution in [0.25, 0.3) is 11.5 Å². The van der Waals surface area contributed by atoms with Gasteiger partial charge in [0, 0.05) is 23.7 Å². The maximum atomic E-state index is 12.2. The quantitative estimate of drug-likeness (QED) is 0.770. The number of carbonyl (C=O) groups excluding carboxylic acids is 1. The number of hydrogen-bond donors (Lipinski definition) is 1. The van der Waals surface area contributed by atoms with E-state index in [1.165, 1.54) is 25.8 Å². The molecule has 0 saturated carbocycles. The van der Waals surface area contributed by atoms with Gasteiger partial charge in [0.25, 0.3) is 11.8 Å². The van der Waals surface area contributed by atoms with Gasteiger partial charge in [-0.15, -0.1) is 0 Å². The van der Waals surface area contributed by atoms with Crippen molar-refractivity contribution in [3.63, 3.8) is 0 Å². The summed E-state index contributed by atoms with van der Waals surface area (Å²) in [6.45, 7) is 7.17. The Labute approximate surface area is 155 Å². The highest BCUT2D eigenvalue weighted by Crippen LogP contribution is 2.18. The Balaban J connectivity index is 1.39. The fraction of sp³-hybridized carbons (Fsp3) is 0.550. The van der Waals surface area contributed by atoms with E-state index < -0.39 is 0 Å². The van der Waals surface area contributed by atoms with Gasteiger partial charge in [-0.05, 0) is 76.9 Å². The van der Waals surface area contributed by atoms with Crippen molar-refractivity contribution in [2.24, 2.45) is 0 Å². The minimum absolute atomic E-state index is 0.0374. The van der Waals surface area contributed by atoms with Crippen LogP contribution < -0.4 is 5.32 Å². The Morgan fingerprint density at radius 2 is 2.08 bits per heavy atom. The number of aryl methyl sites for hydroxylation is 1. The number of amides is 1. The van der Waals surface area contributed by atoms with Crippen LogP contribution in [0.2, 0.25) is 0 Å². The molecule has 6 nitrogen and oxygen atoms in total. The molecular formula is C20H28N4O2. The van der Waals surface area contributed by atoms with Crippen molar-refractivity contribution in [1.29, 1.82) is 0 Å². The first-order chi connectivity index (χ1) is 12.6. The molecule has 1 aliphatic heterocycles. The lowest BCUT2D eigenvalue weighted by Gasteiger charge is -2.33. The lowest BCUT2D eigenvalue weighted by atomic mass is 10.0. The highest BCUT2D eigenvalue weighted by Gasteiger charge is 2.17. The minimum Gasteiger partial charge on any atom is -0.352 e. The summed E-state index contributed by atoms with van der Waals surface area (Å²) in [6.07, 6.45) is 6.13. The molecule has 1 atom stereocenters. The Kier molecular flexibility index (Phi) is 6.39. The maximum Gasteiger partial charge on any atom is 0.257 e. The average Bonchev–Trinajstić information content (AvgIpc) is 3.09. The molecule has 140 valence electrons. The van der Waals surface area contributed by atoms with Crippen molar-refractivity contribution in [3.8, 4) is 11.5 Å². The molecular weight excluding hydrogens is 328 g/mol. The van der Waals surface area contributed by atoms with Gasteiger partial charge in [-0.1, -0.05) is 11.6 Å². The van der Waals surface area contributed by atoms with Crippen LogP contribution in [0.1, 0.15) is 55.2 Å². The molecule has 0 bridgehead atoms. The second-order valence-corrected chi connectivity index (χ2v) is 7.07. The van der Waals surface area contributed by atoms with E-state index in [1.807, 2.05) is 12.1 Å². The second-order valence-electron chi connectivity index (χ2n) is 7.07. The Hall–Kier alpha value is -2.21. The van der Waals surface area contributed by atoms with E-state index in [9.17, 15) is 4.79 Å². The zero-order valence-corrected chi connectivity index (χ0v) is 15.7. The molecule has 1 unspecified atom stereocenters. The first kappa shape index (κ1) is 18.6. The second kappa shape index (κ2) is 8.94. The van der Waals surface area contributed by atoms with Gasteiger partial charge in [0.2, 0.25) is 0 Å². The summed E-state index contributed by atoms with van der Waals surface area (Å²) in [7, 11) is 0.